The van der Waals surface area contributed by atoms with Gasteiger partial charge in [0.15, 0.2) is 0 Å². The summed E-state index contributed by atoms with van der Waals surface area (Å²) in [6, 6.07) is 5.60. The van der Waals surface area contributed by atoms with Gasteiger partial charge >= 0.3 is 0 Å². The topological polar surface area (TPSA) is 56.0 Å². The summed E-state index contributed by atoms with van der Waals surface area (Å²) in [6.45, 7) is 1.92. The van der Waals surface area contributed by atoms with E-state index in [2.05, 4.69) is 4.98 Å². The van der Waals surface area contributed by atoms with Crippen molar-refractivity contribution in [2.24, 2.45) is 0 Å². The number of benzene rings is 1. The van der Waals surface area contributed by atoms with Crippen LogP contribution in [0.1, 0.15) is 10.6 Å². The van der Waals surface area contributed by atoms with Gasteiger partial charge in [0.05, 0.1) is 27.1 Å². The average Bonchev–Trinajstić information content (AvgIpc) is 2.74. The van der Waals surface area contributed by atoms with Crippen molar-refractivity contribution in [2.45, 2.75) is 17.6 Å². The first kappa shape index (κ1) is 11.3. The quantitative estimate of drug-likeness (QED) is 0.853. The lowest BCUT2D eigenvalue weighted by molar-refractivity contribution is 0.682. The maximum Gasteiger partial charge on any atom is 0.105 e. The Hall–Kier alpha value is -1.20. The smallest absolute Gasteiger partial charge is 0.105 e. The van der Waals surface area contributed by atoms with Crippen LogP contribution in [-0.2, 0) is 16.6 Å². The molecule has 1 heterocycles. The van der Waals surface area contributed by atoms with E-state index in [1.807, 2.05) is 30.5 Å². The minimum Gasteiger partial charge on any atom is -0.398 e. The summed E-state index contributed by atoms with van der Waals surface area (Å²) in [4.78, 5) is 4.82. The van der Waals surface area contributed by atoms with E-state index in [1.54, 1.807) is 6.20 Å². The first-order chi connectivity index (χ1) is 7.68. The van der Waals surface area contributed by atoms with Gasteiger partial charge in [-0.05, 0) is 18.6 Å². The second kappa shape index (κ2) is 4.76. The molecule has 1 atom stereocenters. The van der Waals surface area contributed by atoms with Crippen molar-refractivity contribution in [1.82, 2.24) is 4.98 Å². The number of nitrogens with zero attached hydrogens (tertiary/aromatic N) is 1. The van der Waals surface area contributed by atoms with Crippen LogP contribution in [0.2, 0.25) is 0 Å². The van der Waals surface area contributed by atoms with E-state index in [-0.39, 0.29) is 0 Å². The molecule has 3 nitrogen and oxygen atoms in total. The standard InChI is InChI=1S/C11H12N2OS2/c1-8-3-2-4-9(11(8)12)16(14)7-10-13-5-6-15-10/h2-6H,7,12H2,1H3. The normalized spacial score (nSPS) is 12.6. The second-order valence-electron chi connectivity index (χ2n) is 3.40. The fraction of sp³-hybridized carbons (Fsp3) is 0.182. The van der Waals surface area contributed by atoms with Gasteiger partial charge in [-0.15, -0.1) is 11.3 Å². The van der Waals surface area contributed by atoms with Crippen LogP contribution in [0.4, 0.5) is 5.69 Å². The summed E-state index contributed by atoms with van der Waals surface area (Å²) >= 11 is 1.51. The molecule has 2 aromatic rings. The Morgan fingerprint density at radius 2 is 2.31 bits per heavy atom. The number of thiazole rings is 1. The monoisotopic (exact) mass is 252 g/mol. The van der Waals surface area contributed by atoms with Crippen molar-refractivity contribution in [3.63, 3.8) is 0 Å². The first-order valence-corrected chi connectivity index (χ1v) is 7.00. The number of hydrogen-bond donors (Lipinski definition) is 1. The van der Waals surface area contributed by atoms with Crippen LogP contribution in [0.15, 0.2) is 34.7 Å². The number of anilines is 1. The van der Waals surface area contributed by atoms with Crippen LogP contribution in [-0.4, -0.2) is 9.19 Å². The first-order valence-electron chi connectivity index (χ1n) is 4.80. The van der Waals surface area contributed by atoms with Crippen molar-refractivity contribution in [1.29, 1.82) is 0 Å². The molecule has 0 aliphatic heterocycles. The van der Waals surface area contributed by atoms with Gasteiger partial charge in [0.1, 0.15) is 5.01 Å². The van der Waals surface area contributed by atoms with Crippen molar-refractivity contribution in [3.8, 4) is 0 Å². The summed E-state index contributed by atoms with van der Waals surface area (Å²) in [7, 11) is -1.11. The van der Waals surface area contributed by atoms with E-state index in [1.165, 1.54) is 11.3 Å². The molecule has 1 unspecified atom stereocenters. The summed E-state index contributed by atoms with van der Waals surface area (Å²) in [5.41, 5.74) is 7.49. The maximum atomic E-state index is 12.1. The van der Waals surface area contributed by atoms with Crippen LogP contribution in [0.3, 0.4) is 0 Å². The zero-order valence-electron chi connectivity index (χ0n) is 8.84. The van der Waals surface area contributed by atoms with E-state index < -0.39 is 10.8 Å². The van der Waals surface area contributed by atoms with Crippen molar-refractivity contribution in [3.05, 3.63) is 40.3 Å². The molecule has 84 valence electrons. The molecule has 0 bridgehead atoms. The molecule has 1 aromatic carbocycles. The third-order valence-electron chi connectivity index (χ3n) is 2.27. The predicted octanol–water partition coefficient (Wildman–Crippen LogP) is 2.34. The van der Waals surface area contributed by atoms with Gasteiger partial charge in [0.25, 0.3) is 0 Å². The van der Waals surface area contributed by atoms with E-state index in [0.717, 1.165) is 10.6 Å². The van der Waals surface area contributed by atoms with Crippen LogP contribution < -0.4 is 5.73 Å². The summed E-state index contributed by atoms with van der Waals surface area (Å²) in [6.07, 6.45) is 1.72. The van der Waals surface area contributed by atoms with Crippen molar-refractivity contribution in [2.75, 3.05) is 5.73 Å². The molecule has 0 saturated carbocycles. The lowest BCUT2D eigenvalue weighted by atomic mass is 10.2. The highest BCUT2D eigenvalue weighted by atomic mass is 32.2. The minimum absolute atomic E-state index is 0.436. The molecule has 0 spiro atoms. The minimum atomic E-state index is -1.11. The van der Waals surface area contributed by atoms with E-state index in [0.29, 0.717) is 16.3 Å². The number of aryl methyl sites for hydroxylation is 1. The Kier molecular flexibility index (Phi) is 3.36. The Labute approximate surface area is 101 Å². The molecule has 0 fully saturated rings. The lowest BCUT2D eigenvalue weighted by Crippen LogP contribution is -2.02. The molecule has 0 aliphatic rings. The fourth-order valence-electron chi connectivity index (χ4n) is 1.37. The van der Waals surface area contributed by atoms with Gasteiger partial charge in [0, 0.05) is 11.6 Å². The highest BCUT2D eigenvalue weighted by Gasteiger charge is 2.11. The number of aromatic nitrogens is 1. The van der Waals surface area contributed by atoms with Gasteiger partial charge in [-0.2, -0.15) is 0 Å². The third-order valence-corrected chi connectivity index (χ3v) is 4.61. The zero-order chi connectivity index (χ0) is 11.5. The van der Waals surface area contributed by atoms with Crippen molar-refractivity contribution < 1.29 is 4.21 Å². The Balaban J connectivity index is 2.24. The van der Waals surface area contributed by atoms with Gasteiger partial charge in [-0.1, -0.05) is 12.1 Å². The number of hydrogen-bond acceptors (Lipinski definition) is 4. The summed E-state index contributed by atoms with van der Waals surface area (Å²) in [5.74, 6) is 0.436. The highest BCUT2D eigenvalue weighted by Crippen LogP contribution is 2.22. The number of nitrogen functional groups attached to an aromatic ring is 1. The van der Waals surface area contributed by atoms with Gasteiger partial charge in [-0.3, -0.25) is 4.21 Å². The maximum absolute atomic E-state index is 12.1. The highest BCUT2D eigenvalue weighted by molar-refractivity contribution is 7.84. The summed E-state index contributed by atoms with van der Waals surface area (Å²) in [5, 5.41) is 2.76. The Morgan fingerprint density at radius 1 is 1.50 bits per heavy atom. The third kappa shape index (κ3) is 2.31. The van der Waals surface area contributed by atoms with Gasteiger partial charge in [-0.25, -0.2) is 4.98 Å². The second-order valence-corrected chi connectivity index (χ2v) is 5.80. The molecule has 0 radical (unpaired) electrons. The SMILES string of the molecule is Cc1cccc(S(=O)Cc2nccs2)c1N. The lowest BCUT2D eigenvalue weighted by Gasteiger charge is -2.06. The molecule has 2 N–H and O–H groups in total. The molecular formula is C11H12N2OS2. The fourth-order valence-corrected chi connectivity index (χ4v) is 3.45. The molecular weight excluding hydrogens is 240 g/mol. The number of para-hydroxylation sites is 1. The average molecular weight is 252 g/mol. The molecule has 0 amide bonds. The van der Waals surface area contributed by atoms with Crippen molar-refractivity contribution >= 4 is 27.8 Å². The van der Waals surface area contributed by atoms with Gasteiger partial charge < -0.3 is 5.73 Å². The van der Waals surface area contributed by atoms with Gasteiger partial charge in [0.2, 0.25) is 0 Å². The molecule has 5 heteroatoms. The molecule has 16 heavy (non-hydrogen) atoms. The van der Waals surface area contributed by atoms with E-state index >= 15 is 0 Å². The number of nitrogens with two attached hydrogens (primary N) is 1. The molecule has 0 saturated heterocycles. The van der Waals surface area contributed by atoms with Crippen LogP contribution in [0, 0.1) is 6.92 Å². The molecule has 0 aliphatic carbocycles. The van der Waals surface area contributed by atoms with Crippen LogP contribution in [0.5, 0.6) is 0 Å². The molecule has 2 rings (SSSR count). The van der Waals surface area contributed by atoms with Crippen LogP contribution >= 0.6 is 11.3 Å². The largest absolute Gasteiger partial charge is 0.398 e. The Morgan fingerprint density at radius 3 is 3.00 bits per heavy atom. The number of rotatable bonds is 3. The predicted molar refractivity (Wildman–Crippen MR) is 67.8 cm³/mol. The summed E-state index contributed by atoms with van der Waals surface area (Å²) < 4.78 is 12.1. The zero-order valence-corrected chi connectivity index (χ0v) is 10.5. The van der Waals surface area contributed by atoms with E-state index in [9.17, 15) is 4.21 Å². The Bertz CT molecular complexity index is 509. The molecule has 1 aromatic heterocycles. The van der Waals surface area contributed by atoms with Crippen LogP contribution in [0.25, 0.3) is 0 Å². The van der Waals surface area contributed by atoms with E-state index in [4.69, 9.17) is 5.73 Å².